The molecule has 0 saturated carbocycles. The average Bonchev–Trinajstić information content (AvgIpc) is 3.70. The summed E-state index contributed by atoms with van der Waals surface area (Å²) in [6, 6.07) is 8.85. The third-order valence-corrected chi connectivity index (χ3v) is 7.84. The van der Waals surface area contributed by atoms with Crippen molar-refractivity contribution in [2.45, 2.75) is 39.3 Å². The van der Waals surface area contributed by atoms with Gasteiger partial charge in [-0.1, -0.05) is 17.3 Å². The van der Waals surface area contributed by atoms with Gasteiger partial charge in [-0.3, -0.25) is 4.79 Å². The van der Waals surface area contributed by atoms with E-state index in [0.29, 0.717) is 17.0 Å². The number of benzene rings is 2. The van der Waals surface area contributed by atoms with Crippen LogP contribution in [0.4, 0.5) is 13.2 Å². The fourth-order valence-corrected chi connectivity index (χ4v) is 5.44. The molecule has 0 aliphatic carbocycles. The van der Waals surface area contributed by atoms with Crippen LogP contribution in [0.3, 0.4) is 0 Å². The highest BCUT2D eigenvalue weighted by atomic mass is 32.1. The molecule has 218 valence electrons. The fraction of sp³-hybridized carbons (Fsp3) is 0.300. The monoisotopic (exact) mass is 593 g/mol. The maximum atomic E-state index is 13.7. The SMILES string of the molecule is Cc1cn(-c2cc(C(=O)Cc3ccc(C)c(-n4cc(-c5cnc(CCCN(C)C)s5)nn4)c3)cc(C(F)(F)F)c2)cn1. The zero-order chi connectivity index (χ0) is 30.0. The molecular formula is C30H30F3N7OS. The van der Waals surface area contributed by atoms with E-state index in [0.717, 1.165) is 52.7 Å². The van der Waals surface area contributed by atoms with Crippen molar-refractivity contribution in [1.82, 2.24) is 34.4 Å². The van der Waals surface area contributed by atoms with E-state index in [4.69, 9.17) is 0 Å². The molecule has 3 aromatic heterocycles. The summed E-state index contributed by atoms with van der Waals surface area (Å²) in [7, 11) is 4.09. The van der Waals surface area contributed by atoms with Crippen molar-refractivity contribution >= 4 is 17.1 Å². The molecule has 2 aromatic carbocycles. The Labute approximate surface area is 245 Å². The molecule has 0 spiro atoms. The Hall–Kier alpha value is -4.16. The van der Waals surface area contributed by atoms with Crippen LogP contribution >= 0.6 is 11.3 Å². The number of ketones is 1. The van der Waals surface area contributed by atoms with E-state index in [9.17, 15) is 18.0 Å². The highest BCUT2D eigenvalue weighted by Crippen LogP contribution is 2.32. The summed E-state index contributed by atoms with van der Waals surface area (Å²) in [5.41, 5.74) is 2.94. The van der Waals surface area contributed by atoms with E-state index in [2.05, 4.69) is 25.2 Å². The number of imidazole rings is 1. The van der Waals surface area contributed by atoms with Crippen LogP contribution in [0.15, 0.2) is 61.3 Å². The Morgan fingerprint density at radius 2 is 1.86 bits per heavy atom. The van der Waals surface area contributed by atoms with Gasteiger partial charge in [-0.15, -0.1) is 16.4 Å². The smallest absolute Gasteiger partial charge is 0.309 e. The summed E-state index contributed by atoms with van der Waals surface area (Å²) < 4.78 is 44.2. The molecule has 3 heterocycles. The molecule has 0 radical (unpaired) electrons. The molecule has 0 amide bonds. The lowest BCUT2D eigenvalue weighted by Gasteiger charge is -2.13. The second-order valence-corrected chi connectivity index (χ2v) is 11.6. The average molecular weight is 594 g/mol. The van der Waals surface area contributed by atoms with Gasteiger partial charge in [0.15, 0.2) is 5.78 Å². The first kappa shape index (κ1) is 29.3. The van der Waals surface area contributed by atoms with Gasteiger partial charge in [0, 0.05) is 36.5 Å². The van der Waals surface area contributed by atoms with Crippen LogP contribution in [0.5, 0.6) is 0 Å². The van der Waals surface area contributed by atoms with E-state index in [-0.39, 0.29) is 17.7 Å². The van der Waals surface area contributed by atoms with Crippen LogP contribution in [-0.4, -0.2) is 60.9 Å². The topological polar surface area (TPSA) is 81.7 Å². The number of hydrogen-bond acceptors (Lipinski definition) is 7. The number of rotatable bonds is 10. The first-order valence-electron chi connectivity index (χ1n) is 13.3. The molecule has 0 saturated heterocycles. The fourth-order valence-electron chi connectivity index (χ4n) is 4.53. The van der Waals surface area contributed by atoms with Crippen LogP contribution in [0.1, 0.15) is 44.2 Å². The maximum absolute atomic E-state index is 13.7. The van der Waals surface area contributed by atoms with Crippen molar-refractivity contribution in [3.63, 3.8) is 0 Å². The van der Waals surface area contributed by atoms with Crippen LogP contribution in [-0.2, 0) is 19.0 Å². The predicted octanol–water partition coefficient (Wildman–Crippen LogP) is 6.13. The lowest BCUT2D eigenvalue weighted by atomic mass is 9.99. The Morgan fingerprint density at radius 3 is 2.57 bits per heavy atom. The van der Waals surface area contributed by atoms with Gasteiger partial charge in [-0.2, -0.15) is 13.2 Å². The van der Waals surface area contributed by atoms with E-state index in [1.54, 1.807) is 41.4 Å². The molecule has 12 heteroatoms. The molecule has 5 rings (SSSR count). The minimum atomic E-state index is -4.60. The summed E-state index contributed by atoms with van der Waals surface area (Å²) in [5.74, 6) is -0.431. The minimum absolute atomic E-state index is 0.0251. The minimum Gasteiger partial charge on any atom is -0.309 e. The second-order valence-electron chi connectivity index (χ2n) is 10.5. The van der Waals surface area contributed by atoms with Crippen molar-refractivity contribution in [2.75, 3.05) is 20.6 Å². The zero-order valence-corrected chi connectivity index (χ0v) is 24.5. The van der Waals surface area contributed by atoms with Crippen LogP contribution in [0.2, 0.25) is 0 Å². The molecule has 0 bridgehead atoms. The lowest BCUT2D eigenvalue weighted by Crippen LogP contribution is -2.13. The van der Waals surface area contributed by atoms with Gasteiger partial charge >= 0.3 is 6.18 Å². The Balaban J connectivity index is 1.37. The van der Waals surface area contributed by atoms with Crippen LogP contribution in [0.25, 0.3) is 21.9 Å². The molecule has 0 N–H and O–H groups in total. The molecule has 0 atom stereocenters. The number of halogens is 3. The molecule has 5 aromatic rings. The first-order chi connectivity index (χ1) is 20.0. The van der Waals surface area contributed by atoms with Gasteiger partial charge in [-0.25, -0.2) is 14.6 Å². The van der Waals surface area contributed by atoms with Gasteiger partial charge in [-0.05, 0) is 76.3 Å². The molecule has 0 aliphatic heterocycles. The third kappa shape index (κ3) is 6.82. The number of alkyl halides is 3. The van der Waals surface area contributed by atoms with Crippen LogP contribution in [0, 0.1) is 13.8 Å². The second kappa shape index (κ2) is 12.0. The quantitative estimate of drug-likeness (QED) is 0.181. The molecule has 0 aliphatic rings. The molecule has 8 nitrogen and oxygen atoms in total. The van der Waals surface area contributed by atoms with Gasteiger partial charge in [0.25, 0.3) is 0 Å². The van der Waals surface area contributed by atoms with E-state index < -0.39 is 17.5 Å². The Bertz CT molecular complexity index is 1720. The number of aryl methyl sites for hydroxylation is 3. The normalized spacial score (nSPS) is 11.9. The highest BCUT2D eigenvalue weighted by Gasteiger charge is 2.32. The predicted molar refractivity (Wildman–Crippen MR) is 155 cm³/mol. The van der Waals surface area contributed by atoms with Crippen molar-refractivity contribution in [3.05, 3.63) is 94.3 Å². The summed E-state index contributed by atoms with van der Waals surface area (Å²) in [4.78, 5) is 25.0. The van der Waals surface area contributed by atoms with E-state index in [1.165, 1.54) is 17.0 Å². The summed E-state index contributed by atoms with van der Waals surface area (Å²) in [5, 5.41) is 9.67. The third-order valence-electron chi connectivity index (χ3n) is 6.76. The Morgan fingerprint density at radius 1 is 1.05 bits per heavy atom. The van der Waals surface area contributed by atoms with Gasteiger partial charge in [0.05, 0.1) is 39.4 Å². The first-order valence-corrected chi connectivity index (χ1v) is 14.2. The van der Waals surface area contributed by atoms with Gasteiger partial charge in [0.2, 0.25) is 0 Å². The van der Waals surface area contributed by atoms with Crippen molar-refractivity contribution in [3.8, 4) is 21.9 Å². The molecular weight excluding hydrogens is 563 g/mol. The lowest BCUT2D eigenvalue weighted by molar-refractivity contribution is -0.137. The van der Waals surface area contributed by atoms with Crippen LogP contribution < -0.4 is 0 Å². The largest absolute Gasteiger partial charge is 0.416 e. The van der Waals surface area contributed by atoms with Crippen molar-refractivity contribution in [1.29, 1.82) is 0 Å². The number of Topliss-reactive ketones (excluding diaryl/α,β-unsaturated/α-hetero) is 1. The van der Waals surface area contributed by atoms with E-state index >= 15 is 0 Å². The Kier molecular flexibility index (Phi) is 8.37. The number of nitrogens with zero attached hydrogens (tertiary/aromatic N) is 7. The van der Waals surface area contributed by atoms with E-state index in [1.807, 2.05) is 39.3 Å². The van der Waals surface area contributed by atoms with Gasteiger partial charge in [0.1, 0.15) is 5.69 Å². The summed E-state index contributed by atoms with van der Waals surface area (Å²) >= 11 is 1.59. The number of carbonyl (C=O) groups excluding carboxylic acids is 1. The van der Waals surface area contributed by atoms with Gasteiger partial charge < -0.3 is 9.47 Å². The number of thiazole rings is 1. The number of aromatic nitrogens is 6. The molecule has 0 unspecified atom stereocenters. The highest BCUT2D eigenvalue weighted by molar-refractivity contribution is 7.15. The number of carbonyl (C=O) groups is 1. The molecule has 0 fully saturated rings. The number of hydrogen-bond donors (Lipinski definition) is 0. The van der Waals surface area contributed by atoms with Crippen molar-refractivity contribution < 1.29 is 18.0 Å². The maximum Gasteiger partial charge on any atom is 0.416 e. The van der Waals surface area contributed by atoms with Crippen molar-refractivity contribution in [2.24, 2.45) is 0 Å². The summed E-state index contributed by atoms with van der Waals surface area (Å²) in [6.07, 6.45) is 3.88. The molecule has 42 heavy (non-hydrogen) atoms. The summed E-state index contributed by atoms with van der Waals surface area (Å²) in [6.45, 7) is 4.65. The standard InChI is InChI=1S/C30H30F3N7OS/c1-19-7-8-21(10-26(19)40-17-25(36-37-40)28-15-34-29(42-28)6-5-9-38(3)4)11-27(41)22-12-23(30(31,32)33)14-24(13-22)39-16-20(2)35-18-39/h7-8,10,12-18H,5-6,9,11H2,1-4H3. The zero-order valence-electron chi connectivity index (χ0n) is 23.7.